The smallest absolute Gasteiger partial charge is 0.127 e. The molecule has 1 aromatic rings. The molecule has 0 saturated carbocycles. The Morgan fingerprint density at radius 1 is 1.20 bits per heavy atom. The first-order valence-electron chi connectivity index (χ1n) is 5.09. The SMILES string of the molecule is COc1ccccc1C1=NC(C)=C(C)C1. The van der Waals surface area contributed by atoms with Gasteiger partial charge in [-0.2, -0.15) is 0 Å². The van der Waals surface area contributed by atoms with Crippen LogP contribution in [0.1, 0.15) is 25.8 Å². The van der Waals surface area contributed by atoms with E-state index in [1.807, 2.05) is 18.2 Å². The van der Waals surface area contributed by atoms with Crippen molar-refractivity contribution in [3.8, 4) is 5.75 Å². The van der Waals surface area contributed by atoms with E-state index in [-0.39, 0.29) is 0 Å². The maximum absolute atomic E-state index is 5.33. The van der Waals surface area contributed by atoms with Crippen LogP contribution >= 0.6 is 0 Å². The number of aliphatic imine (C=N–C) groups is 1. The average molecular weight is 201 g/mol. The fraction of sp³-hybridized carbons (Fsp3) is 0.308. The van der Waals surface area contributed by atoms with Crippen LogP contribution in [0.25, 0.3) is 0 Å². The summed E-state index contributed by atoms with van der Waals surface area (Å²) in [6.07, 6.45) is 0.937. The molecule has 1 heterocycles. The Kier molecular flexibility index (Phi) is 2.58. The van der Waals surface area contributed by atoms with E-state index in [4.69, 9.17) is 4.74 Å². The van der Waals surface area contributed by atoms with Crippen LogP contribution in [0.5, 0.6) is 5.75 Å². The summed E-state index contributed by atoms with van der Waals surface area (Å²) < 4.78 is 5.33. The van der Waals surface area contributed by atoms with Gasteiger partial charge in [-0.3, -0.25) is 4.99 Å². The van der Waals surface area contributed by atoms with Crippen LogP contribution in [0.15, 0.2) is 40.5 Å². The molecule has 1 aromatic carbocycles. The minimum absolute atomic E-state index is 0.902. The van der Waals surface area contributed by atoms with E-state index >= 15 is 0 Å². The molecule has 0 aliphatic carbocycles. The molecular formula is C13H15NO. The Hall–Kier alpha value is -1.57. The molecule has 0 radical (unpaired) electrons. The summed E-state index contributed by atoms with van der Waals surface area (Å²) in [7, 11) is 1.70. The van der Waals surface area contributed by atoms with Crippen molar-refractivity contribution in [3.05, 3.63) is 41.1 Å². The molecule has 78 valence electrons. The van der Waals surface area contributed by atoms with Crippen molar-refractivity contribution >= 4 is 5.71 Å². The van der Waals surface area contributed by atoms with Crippen LogP contribution < -0.4 is 4.74 Å². The van der Waals surface area contributed by atoms with Crippen LogP contribution in [-0.2, 0) is 0 Å². The maximum atomic E-state index is 5.33. The molecule has 2 nitrogen and oxygen atoms in total. The van der Waals surface area contributed by atoms with Gasteiger partial charge in [-0.15, -0.1) is 0 Å². The van der Waals surface area contributed by atoms with E-state index in [0.717, 1.165) is 29.1 Å². The fourth-order valence-electron chi connectivity index (χ4n) is 1.75. The highest BCUT2D eigenvalue weighted by atomic mass is 16.5. The maximum Gasteiger partial charge on any atom is 0.127 e. The summed E-state index contributed by atoms with van der Waals surface area (Å²) >= 11 is 0. The molecule has 0 bridgehead atoms. The Morgan fingerprint density at radius 3 is 2.53 bits per heavy atom. The lowest BCUT2D eigenvalue weighted by Gasteiger charge is -2.07. The Morgan fingerprint density at radius 2 is 1.93 bits per heavy atom. The van der Waals surface area contributed by atoms with Crippen LogP contribution in [0.3, 0.4) is 0 Å². The van der Waals surface area contributed by atoms with Crippen molar-refractivity contribution < 1.29 is 4.74 Å². The molecule has 2 rings (SSSR count). The van der Waals surface area contributed by atoms with E-state index in [2.05, 4.69) is 24.9 Å². The zero-order valence-corrected chi connectivity index (χ0v) is 9.37. The number of hydrogen-bond acceptors (Lipinski definition) is 2. The molecule has 0 fully saturated rings. The van der Waals surface area contributed by atoms with Gasteiger partial charge in [0.1, 0.15) is 5.75 Å². The zero-order chi connectivity index (χ0) is 10.8. The molecule has 0 saturated heterocycles. The summed E-state index contributed by atoms with van der Waals surface area (Å²) in [5.41, 5.74) is 4.70. The van der Waals surface area contributed by atoms with Crippen LogP contribution in [-0.4, -0.2) is 12.8 Å². The highest BCUT2D eigenvalue weighted by molar-refractivity contribution is 6.06. The number of allylic oxidation sites excluding steroid dienone is 2. The monoisotopic (exact) mass is 201 g/mol. The number of para-hydroxylation sites is 1. The molecule has 0 amide bonds. The quantitative estimate of drug-likeness (QED) is 0.720. The van der Waals surface area contributed by atoms with Gasteiger partial charge in [-0.05, 0) is 31.6 Å². The number of methoxy groups -OCH3 is 1. The largest absolute Gasteiger partial charge is 0.496 e. The second kappa shape index (κ2) is 3.89. The van der Waals surface area contributed by atoms with Gasteiger partial charge in [0.15, 0.2) is 0 Å². The second-order valence-electron chi connectivity index (χ2n) is 3.80. The molecule has 15 heavy (non-hydrogen) atoms. The molecule has 0 atom stereocenters. The van der Waals surface area contributed by atoms with Gasteiger partial charge in [0.25, 0.3) is 0 Å². The van der Waals surface area contributed by atoms with Gasteiger partial charge < -0.3 is 4.74 Å². The van der Waals surface area contributed by atoms with Crippen molar-refractivity contribution in [3.63, 3.8) is 0 Å². The summed E-state index contributed by atoms with van der Waals surface area (Å²) in [4.78, 5) is 4.56. The number of rotatable bonds is 2. The van der Waals surface area contributed by atoms with Crippen LogP contribution in [0.4, 0.5) is 0 Å². The molecule has 0 N–H and O–H groups in total. The number of hydrogen-bond donors (Lipinski definition) is 0. The molecule has 0 aromatic heterocycles. The lowest BCUT2D eigenvalue weighted by molar-refractivity contribution is 0.414. The standard InChI is InChI=1S/C13H15NO/c1-9-8-12(14-10(9)2)11-6-4-5-7-13(11)15-3/h4-7H,8H2,1-3H3. The second-order valence-corrected chi connectivity index (χ2v) is 3.80. The third kappa shape index (κ3) is 1.80. The van der Waals surface area contributed by atoms with Crippen molar-refractivity contribution in [2.45, 2.75) is 20.3 Å². The van der Waals surface area contributed by atoms with Gasteiger partial charge in [-0.1, -0.05) is 12.1 Å². The first-order chi connectivity index (χ1) is 7.22. The van der Waals surface area contributed by atoms with Crippen molar-refractivity contribution in [2.75, 3.05) is 7.11 Å². The van der Waals surface area contributed by atoms with E-state index in [9.17, 15) is 0 Å². The normalized spacial score (nSPS) is 15.5. The molecule has 2 heteroatoms. The van der Waals surface area contributed by atoms with Gasteiger partial charge >= 0.3 is 0 Å². The molecule has 1 aliphatic heterocycles. The van der Waals surface area contributed by atoms with Crippen molar-refractivity contribution in [1.29, 1.82) is 0 Å². The lowest BCUT2D eigenvalue weighted by atomic mass is 10.0. The summed E-state index contributed by atoms with van der Waals surface area (Å²) in [6.45, 7) is 4.18. The Labute approximate surface area is 90.3 Å². The van der Waals surface area contributed by atoms with Gasteiger partial charge in [0, 0.05) is 17.7 Å². The van der Waals surface area contributed by atoms with Gasteiger partial charge in [-0.25, -0.2) is 0 Å². The minimum atomic E-state index is 0.902. The third-order valence-electron chi connectivity index (χ3n) is 2.77. The number of nitrogens with zero attached hydrogens (tertiary/aromatic N) is 1. The highest BCUT2D eigenvalue weighted by Crippen LogP contribution is 2.27. The zero-order valence-electron chi connectivity index (χ0n) is 9.37. The van der Waals surface area contributed by atoms with Crippen molar-refractivity contribution in [2.24, 2.45) is 4.99 Å². The molecule has 0 spiro atoms. The number of benzene rings is 1. The lowest BCUT2D eigenvalue weighted by Crippen LogP contribution is -2.00. The van der Waals surface area contributed by atoms with E-state index < -0.39 is 0 Å². The first-order valence-corrected chi connectivity index (χ1v) is 5.09. The van der Waals surface area contributed by atoms with Crippen LogP contribution in [0.2, 0.25) is 0 Å². The highest BCUT2D eigenvalue weighted by Gasteiger charge is 2.15. The molecular weight excluding hydrogens is 186 g/mol. The van der Waals surface area contributed by atoms with Gasteiger partial charge in [0.2, 0.25) is 0 Å². The Bertz CT molecular complexity index is 444. The topological polar surface area (TPSA) is 21.6 Å². The Balaban J connectivity index is 2.37. The van der Waals surface area contributed by atoms with Crippen LogP contribution in [0, 0.1) is 0 Å². The fourth-order valence-corrected chi connectivity index (χ4v) is 1.75. The molecule has 0 unspecified atom stereocenters. The predicted octanol–water partition coefficient (Wildman–Crippen LogP) is 3.18. The summed E-state index contributed by atoms with van der Waals surface area (Å²) in [6, 6.07) is 8.03. The van der Waals surface area contributed by atoms with Gasteiger partial charge in [0.05, 0.1) is 12.8 Å². The minimum Gasteiger partial charge on any atom is -0.496 e. The predicted molar refractivity (Wildman–Crippen MR) is 62.5 cm³/mol. The summed E-state index contributed by atoms with van der Waals surface area (Å²) in [5, 5.41) is 0. The van der Waals surface area contributed by atoms with E-state index in [1.165, 1.54) is 5.57 Å². The number of ether oxygens (including phenoxy) is 1. The van der Waals surface area contributed by atoms with E-state index in [1.54, 1.807) is 7.11 Å². The van der Waals surface area contributed by atoms with E-state index in [0.29, 0.717) is 0 Å². The summed E-state index contributed by atoms with van der Waals surface area (Å²) in [5.74, 6) is 0.902. The average Bonchev–Trinajstić information content (AvgIpc) is 2.59. The molecule has 1 aliphatic rings. The third-order valence-corrected chi connectivity index (χ3v) is 2.77. The van der Waals surface area contributed by atoms with Crippen molar-refractivity contribution in [1.82, 2.24) is 0 Å². The first kappa shape index (κ1) is 9.97.